The highest BCUT2D eigenvalue weighted by Crippen LogP contribution is 2.38. The minimum atomic E-state index is -4.78. The topological polar surface area (TPSA) is 178 Å². The van der Waals surface area contributed by atoms with Gasteiger partial charge in [-0.25, -0.2) is 14.2 Å². The Morgan fingerprint density at radius 3 is 2.62 bits per heavy atom. The summed E-state index contributed by atoms with van der Waals surface area (Å²) in [6.07, 6.45) is -3.91. The second-order valence-corrected chi connectivity index (χ2v) is 6.34. The lowest BCUT2D eigenvalue weighted by Gasteiger charge is -2.18. The van der Waals surface area contributed by atoms with E-state index in [-0.39, 0.29) is 6.42 Å². The van der Waals surface area contributed by atoms with Crippen molar-refractivity contribution < 1.29 is 38.6 Å². The number of hydrogen-bond acceptors (Lipinski definition) is 7. The summed E-state index contributed by atoms with van der Waals surface area (Å²) in [5, 5.41) is 19.0. The molecule has 0 aliphatic carbocycles. The van der Waals surface area contributed by atoms with Crippen LogP contribution < -0.4 is 11.2 Å². The zero-order valence-corrected chi connectivity index (χ0v) is 13.2. The molecular weight excluding hydrogens is 351 g/mol. The number of carboxylic acid groups (broad SMARTS) is 1. The molecule has 0 aromatic carbocycles. The molecule has 0 bridgehead atoms. The molecule has 0 radical (unpaired) electrons. The molecule has 0 amide bonds. The maximum Gasteiger partial charge on any atom is 0.469 e. The van der Waals surface area contributed by atoms with Crippen LogP contribution in [-0.4, -0.2) is 53.9 Å². The summed E-state index contributed by atoms with van der Waals surface area (Å²) < 4.78 is 21.6. The molecule has 0 spiro atoms. The number of aromatic carboxylic acids is 1. The minimum absolute atomic E-state index is 0.229. The maximum atomic E-state index is 12.2. The van der Waals surface area contributed by atoms with Gasteiger partial charge >= 0.3 is 19.5 Å². The van der Waals surface area contributed by atoms with Crippen molar-refractivity contribution >= 4 is 13.8 Å². The van der Waals surface area contributed by atoms with Gasteiger partial charge in [-0.15, -0.1) is 0 Å². The normalized spacial score (nSPS) is 24.2. The zero-order valence-electron chi connectivity index (χ0n) is 12.3. The number of carboxylic acids is 1. The van der Waals surface area contributed by atoms with Crippen LogP contribution in [0.3, 0.4) is 0 Å². The molecular formula is C11H15N2O10P. The fourth-order valence-corrected chi connectivity index (χ4v) is 2.62. The number of phosphoric acid groups is 1. The van der Waals surface area contributed by atoms with E-state index in [0.29, 0.717) is 9.13 Å². The highest BCUT2D eigenvalue weighted by Gasteiger charge is 2.38. The van der Waals surface area contributed by atoms with Gasteiger partial charge in [0.15, 0.2) is 0 Å². The van der Waals surface area contributed by atoms with Gasteiger partial charge in [0.1, 0.15) is 18.0 Å². The first kappa shape index (κ1) is 18.5. The molecule has 1 saturated heterocycles. The highest BCUT2D eigenvalue weighted by molar-refractivity contribution is 7.46. The van der Waals surface area contributed by atoms with Gasteiger partial charge in [0.25, 0.3) is 5.56 Å². The molecule has 3 atom stereocenters. The van der Waals surface area contributed by atoms with Gasteiger partial charge in [-0.1, -0.05) is 0 Å². The molecule has 0 saturated carbocycles. The van der Waals surface area contributed by atoms with Crippen LogP contribution in [0, 0.1) is 0 Å². The van der Waals surface area contributed by atoms with Gasteiger partial charge in [-0.3, -0.25) is 18.5 Å². The molecule has 1 aromatic rings. The van der Waals surface area contributed by atoms with Crippen LogP contribution in [-0.2, 0) is 20.9 Å². The Balaban J connectivity index is 2.35. The van der Waals surface area contributed by atoms with Gasteiger partial charge in [0.05, 0.1) is 12.7 Å². The van der Waals surface area contributed by atoms with E-state index in [1.165, 1.54) is 0 Å². The van der Waals surface area contributed by atoms with Crippen molar-refractivity contribution in [3.05, 3.63) is 32.6 Å². The van der Waals surface area contributed by atoms with E-state index >= 15 is 0 Å². The monoisotopic (exact) mass is 366 g/mol. The number of aliphatic hydroxyl groups excluding tert-OH is 1. The van der Waals surface area contributed by atoms with Crippen molar-refractivity contribution in [1.29, 1.82) is 0 Å². The molecule has 0 unspecified atom stereocenters. The number of nitrogens with zero attached hydrogens (tertiary/aromatic N) is 2. The van der Waals surface area contributed by atoms with Crippen LogP contribution in [0.1, 0.15) is 23.1 Å². The fraction of sp³-hybridized carbons (Fsp3) is 0.545. The number of aliphatic hydroxyl groups is 1. The number of carbonyl (C=O) groups is 1. The predicted octanol–water partition coefficient (Wildman–Crippen LogP) is -2.00. The first-order valence-electron chi connectivity index (χ1n) is 6.60. The summed E-state index contributed by atoms with van der Waals surface area (Å²) in [5.74, 6) is -1.54. The van der Waals surface area contributed by atoms with Gasteiger partial charge in [0.2, 0.25) is 0 Å². The molecule has 2 rings (SSSR count). The van der Waals surface area contributed by atoms with Crippen molar-refractivity contribution in [3.8, 4) is 0 Å². The first-order valence-corrected chi connectivity index (χ1v) is 8.13. The summed E-state index contributed by atoms with van der Waals surface area (Å²) in [6.45, 7) is -0.662. The van der Waals surface area contributed by atoms with E-state index in [2.05, 4.69) is 4.52 Å². The minimum Gasteiger partial charge on any atom is -0.477 e. The Hall–Kier alpha value is -1.82. The summed E-state index contributed by atoms with van der Waals surface area (Å²) in [4.78, 5) is 52.3. The molecule has 2 heterocycles. The lowest BCUT2D eigenvalue weighted by atomic mass is 10.2. The molecule has 24 heavy (non-hydrogen) atoms. The van der Waals surface area contributed by atoms with Gasteiger partial charge in [-0.05, 0) is 0 Å². The highest BCUT2D eigenvalue weighted by atomic mass is 31.2. The maximum absolute atomic E-state index is 12.2. The van der Waals surface area contributed by atoms with E-state index < -0.39 is 55.8 Å². The van der Waals surface area contributed by atoms with E-state index in [1.54, 1.807) is 0 Å². The van der Waals surface area contributed by atoms with Crippen molar-refractivity contribution in [2.24, 2.45) is 7.05 Å². The summed E-state index contributed by atoms with van der Waals surface area (Å²) in [7, 11) is -3.64. The van der Waals surface area contributed by atoms with Crippen LogP contribution in [0.4, 0.5) is 0 Å². The average molecular weight is 366 g/mol. The van der Waals surface area contributed by atoms with Crippen LogP contribution in [0.25, 0.3) is 0 Å². The van der Waals surface area contributed by atoms with Crippen molar-refractivity contribution in [2.45, 2.75) is 24.9 Å². The Labute approximate surface area is 133 Å². The molecule has 1 aromatic heterocycles. The van der Waals surface area contributed by atoms with Crippen molar-refractivity contribution in [1.82, 2.24) is 9.13 Å². The average Bonchev–Trinajstić information content (AvgIpc) is 2.82. The molecule has 12 nitrogen and oxygen atoms in total. The third-order valence-electron chi connectivity index (χ3n) is 3.46. The second-order valence-electron chi connectivity index (χ2n) is 5.10. The Morgan fingerprint density at radius 2 is 2.08 bits per heavy atom. The van der Waals surface area contributed by atoms with Gasteiger partial charge in [0, 0.05) is 19.5 Å². The van der Waals surface area contributed by atoms with Crippen molar-refractivity contribution in [3.63, 3.8) is 0 Å². The molecule has 13 heteroatoms. The van der Waals surface area contributed by atoms with E-state index in [1.807, 2.05) is 0 Å². The molecule has 1 aliphatic rings. The van der Waals surface area contributed by atoms with E-state index in [9.17, 15) is 24.1 Å². The lowest BCUT2D eigenvalue weighted by Crippen LogP contribution is -2.42. The first-order chi connectivity index (χ1) is 11.0. The van der Waals surface area contributed by atoms with Crippen LogP contribution in [0.2, 0.25) is 0 Å². The standard InChI is InChI=1S/C11H15N2O10P/c1-12-8(15)2-5(10(16)17)13(11(12)18)9-3-6(14)7(23-9)4-22-24(19,20)21/h2,6-7,9,14H,3-4H2,1H3,(H,16,17)(H2,19,20,21)/t6-,7+,9+/m0/s1. The Morgan fingerprint density at radius 1 is 1.46 bits per heavy atom. The Bertz CT molecular complexity index is 808. The fourth-order valence-electron chi connectivity index (χ4n) is 2.28. The zero-order chi connectivity index (χ0) is 18.2. The van der Waals surface area contributed by atoms with Crippen LogP contribution >= 0.6 is 7.82 Å². The third kappa shape index (κ3) is 3.80. The number of phosphoric ester groups is 1. The second kappa shape index (κ2) is 6.59. The molecule has 134 valence electrons. The summed E-state index contributed by atoms with van der Waals surface area (Å²) in [6, 6.07) is 0.735. The molecule has 1 aliphatic heterocycles. The van der Waals surface area contributed by atoms with Gasteiger partial charge < -0.3 is 24.7 Å². The quantitative estimate of drug-likeness (QED) is 0.426. The molecule has 4 N–H and O–H groups in total. The van der Waals surface area contributed by atoms with Crippen LogP contribution in [0.5, 0.6) is 0 Å². The number of aromatic nitrogens is 2. The van der Waals surface area contributed by atoms with Crippen molar-refractivity contribution in [2.75, 3.05) is 6.61 Å². The summed E-state index contributed by atoms with van der Waals surface area (Å²) >= 11 is 0. The van der Waals surface area contributed by atoms with Gasteiger partial charge in [-0.2, -0.15) is 0 Å². The number of rotatable bonds is 5. The number of hydrogen-bond donors (Lipinski definition) is 4. The van der Waals surface area contributed by atoms with E-state index in [4.69, 9.17) is 19.6 Å². The smallest absolute Gasteiger partial charge is 0.469 e. The lowest BCUT2D eigenvalue weighted by molar-refractivity contribution is -0.0463. The third-order valence-corrected chi connectivity index (χ3v) is 3.95. The molecule has 1 fully saturated rings. The van der Waals surface area contributed by atoms with Crippen LogP contribution in [0.15, 0.2) is 15.7 Å². The predicted molar refractivity (Wildman–Crippen MR) is 75.4 cm³/mol. The number of ether oxygens (including phenoxy) is 1. The van der Waals surface area contributed by atoms with E-state index in [0.717, 1.165) is 13.1 Å². The summed E-state index contributed by atoms with van der Waals surface area (Å²) in [5.41, 5.74) is -2.42. The largest absolute Gasteiger partial charge is 0.477 e. The SMILES string of the molecule is Cn1c(=O)cc(C(=O)O)n([C@H]2C[C@H](O)[C@@H](COP(=O)(O)O)O2)c1=O. The Kier molecular flexibility index (Phi) is 5.08.